The summed E-state index contributed by atoms with van der Waals surface area (Å²) in [5.41, 5.74) is 1.35. The van der Waals surface area contributed by atoms with Crippen molar-refractivity contribution in [3.63, 3.8) is 0 Å². The number of halogens is 1. The minimum Gasteiger partial charge on any atom is -0.497 e. The quantitative estimate of drug-likeness (QED) is 0.341. The summed E-state index contributed by atoms with van der Waals surface area (Å²) in [6, 6.07) is 10.7. The Hall–Kier alpha value is -3.17. The average molecular weight is 475 g/mol. The maximum absolute atomic E-state index is 12.6. The zero-order chi connectivity index (χ0) is 23.1. The van der Waals surface area contributed by atoms with E-state index < -0.39 is 0 Å². The van der Waals surface area contributed by atoms with Gasteiger partial charge in [0.15, 0.2) is 11.0 Å². The van der Waals surface area contributed by atoms with Crippen LogP contribution in [-0.2, 0) is 11.3 Å². The van der Waals surface area contributed by atoms with Crippen LogP contribution in [0.25, 0.3) is 11.4 Å². The van der Waals surface area contributed by atoms with Gasteiger partial charge in [-0.3, -0.25) is 9.36 Å². The van der Waals surface area contributed by atoms with Crippen molar-refractivity contribution in [3.8, 4) is 28.6 Å². The molecule has 0 radical (unpaired) electrons. The van der Waals surface area contributed by atoms with Crippen LogP contribution in [0.3, 0.4) is 0 Å². The van der Waals surface area contributed by atoms with Crippen molar-refractivity contribution in [1.82, 2.24) is 14.8 Å². The van der Waals surface area contributed by atoms with Crippen LogP contribution in [0, 0.1) is 0 Å². The van der Waals surface area contributed by atoms with E-state index in [0.717, 1.165) is 11.3 Å². The van der Waals surface area contributed by atoms with Gasteiger partial charge >= 0.3 is 0 Å². The van der Waals surface area contributed by atoms with Gasteiger partial charge in [0.05, 0.1) is 37.8 Å². The van der Waals surface area contributed by atoms with Crippen LogP contribution >= 0.6 is 23.4 Å². The minimum absolute atomic E-state index is 0.117. The van der Waals surface area contributed by atoms with Crippen LogP contribution in [0.2, 0.25) is 5.02 Å². The number of carbonyl (C=O) groups excluding carboxylic acids is 1. The molecule has 1 aromatic heterocycles. The molecule has 0 atom stereocenters. The zero-order valence-electron chi connectivity index (χ0n) is 17.9. The molecule has 1 heterocycles. The van der Waals surface area contributed by atoms with Gasteiger partial charge in [-0.2, -0.15) is 0 Å². The lowest BCUT2D eigenvalue weighted by molar-refractivity contribution is -0.113. The van der Waals surface area contributed by atoms with E-state index in [-0.39, 0.29) is 11.7 Å². The van der Waals surface area contributed by atoms with Crippen LogP contribution in [0.5, 0.6) is 17.2 Å². The van der Waals surface area contributed by atoms with Gasteiger partial charge in [-0.25, -0.2) is 0 Å². The van der Waals surface area contributed by atoms with E-state index in [4.69, 9.17) is 25.8 Å². The van der Waals surface area contributed by atoms with E-state index in [9.17, 15) is 4.79 Å². The molecule has 0 aliphatic rings. The molecule has 0 aliphatic heterocycles. The summed E-state index contributed by atoms with van der Waals surface area (Å²) in [7, 11) is 4.62. The molecule has 2 aromatic carbocycles. The first-order chi connectivity index (χ1) is 15.5. The van der Waals surface area contributed by atoms with Crippen molar-refractivity contribution < 1.29 is 19.0 Å². The van der Waals surface area contributed by atoms with Crippen LogP contribution in [0.1, 0.15) is 0 Å². The number of hydrogen-bond acceptors (Lipinski definition) is 7. The Kier molecular flexibility index (Phi) is 8.02. The number of thioether (sulfide) groups is 1. The number of benzene rings is 2. The minimum atomic E-state index is -0.239. The second kappa shape index (κ2) is 10.9. The van der Waals surface area contributed by atoms with Crippen LogP contribution < -0.4 is 19.5 Å². The second-order valence-corrected chi connectivity index (χ2v) is 7.81. The summed E-state index contributed by atoms with van der Waals surface area (Å²) in [4.78, 5) is 12.6. The van der Waals surface area contributed by atoms with Crippen molar-refractivity contribution in [1.29, 1.82) is 0 Å². The summed E-state index contributed by atoms with van der Waals surface area (Å²) < 4.78 is 17.6. The highest BCUT2D eigenvalue weighted by Gasteiger charge is 2.17. The normalized spacial score (nSPS) is 10.5. The lowest BCUT2D eigenvalue weighted by Crippen LogP contribution is -2.15. The van der Waals surface area contributed by atoms with Gasteiger partial charge in [-0.15, -0.1) is 16.8 Å². The number of carbonyl (C=O) groups is 1. The number of allylic oxidation sites excluding steroid dienone is 1. The van der Waals surface area contributed by atoms with E-state index in [0.29, 0.717) is 39.7 Å². The Morgan fingerprint density at radius 2 is 1.84 bits per heavy atom. The predicted molar refractivity (Wildman–Crippen MR) is 126 cm³/mol. The second-order valence-electron chi connectivity index (χ2n) is 6.46. The Morgan fingerprint density at radius 1 is 1.12 bits per heavy atom. The summed E-state index contributed by atoms with van der Waals surface area (Å²) >= 11 is 7.39. The van der Waals surface area contributed by atoms with Crippen molar-refractivity contribution >= 4 is 35.0 Å². The molecule has 0 unspecified atom stereocenters. The Labute approximate surface area is 195 Å². The van der Waals surface area contributed by atoms with E-state index >= 15 is 0 Å². The fourth-order valence-electron chi connectivity index (χ4n) is 2.92. The highest BCUT2D eigenvalue weighted by molar-refractivity contribution is 7.99. The number of amides is 1. The molecule has 0 bridgehead atoms. The van der Waals surface area contributed by atoms with Gasteiger partial charge in [0.25, 0.3) is 0 Å². The van der Waals surface area contributed by atoms with Gasteiger partial charge in [0.2, 0.25) is 5.91 Å². The summed E-state index contributed by atoms with van der Waals surface area (Å²) in [5.74, 6) is 2.18. The largest absolute Gasteiger partial charge is 0.497 e. The van der Waals surface area contributed by atoms with Crippen LogP contribution in [0.4, 0.5) is 5.69 Å². The van der Waals surface area contributed by atoms with Crippen molar-refractivity contribution in [2.45, 2.75) is 11.7 Å². The fraction of sp³-hybridized carbons (Fsp3) is 0.227. The molecule has 0 saturated heterocycles. The van der Waals surface area contributed by atoms with E-state index in [1.54, 1.807) is 25.3 Å². The molecule has 0 fully saturated rings. The molecule has 168 valence electrons. The van der Waals surface area contributed by atoms with Gasteiger partial charge in [-0.1, -0.05) is 29.4 Å². The first-order valence-corrected chi connectivity index (χ1v) is 10.9. The number of hydrogen-bond donors (Lipinski definition) is 1. The van der Waals surface area contributed by atoms with Crippen molar-refractivity contribution in [2.24, 2.45) is 0 Å². The molecular weight excluding hydrogens is 452 g/mol. The third-order valence-corrected chi connectivity index (χ3v) is 5.72. The molecular formula is C22H23ClN4O4S. The third kappa shape index (κ3) is 5.35. The summed E-state index contributed by atoms with van der Waals surface area (Å²) in [6.45, 7) is 4.31. The van der Waals surface area contributed by atoms with Crippen molar-refractivity contribution in [2.75, 3.05) is 32.4 Å². The van der Waals surface area contributed by atoms with Crippen LogP contribution in [-0.4, -0.2) is 47.8 Å². The van der Waals surface area contributed by atoms with Gasteiger partial charge in [-0.05, 0) is 24.3 Å². The third-order valence-electron chi connectivity index (χ3n) is 4.46. The average Bonchev–Trinajstić information content (AvgIpc) is 3.21. The molecule has 1 N–H and O–H groups in total. The lowest BCUT2D eigenvalue weighted by Gasteiger charge is -2.13. The number of nitrogens with one attached hydrogen (secondary N) is 1. The standard InChI is InChI=1S/C22H23ClN4O4S/c1-5-10-27-21(14-6-8-15(29-2)9-7-14)25-26-22(27)32-13-20(28)24-17-12-18(30-3)16(23)11-19(17)31-4/h5-9,11-12H,1,10,13H2,2-4H3,(H,24,28). The number of nitrogens with zero attached hydrogens (tertiary/aromatic N) is 3. The summed E-state index contributed by atoms with van der Waals surface area (Å²) in [5, 5.41) is 12.4. The van der Waals surface area contributed by atoms with Crippen LogP contribution in [0.15, 0.2) is 54.2 Å². The molecule has 10 heteroatoms. The molecule has 3 aromatic rings. The number of anilines is 1. The molecule has 0 spiro atoms. The smallest absolute Gasteiger partial charge is 0.234 e. The number of aromatic nitrogens is 3. The van der Waals surface area contributed by atoms with E-state index in [2.05, 4.69) is 22.1 Å². The number of ether oxygens (including phenoxy) is 3. The number of rotatable bonds is 10. The molecule has 1 amide bonds. The lowest BCUT2D eigenvalue weighted by atomic mass is 10.2. The Balaban J connectivity index is 1.74. The molecule has 3 rings (SSSR count). The van der Waals surface area contributed by atoms with Gasteiger partial charge in [0, 0.05) is 24.2 Å². The first-order valence-electron chi connectivity index (χ1n) is 9.53. The fourth-order valence-corrected chi connectivity index (χ4v) is 3.90. The first kappa shape index (κ1) is 23.5. The topological polar surface area (TPSA) is 87.5 Å². The molecule has 32 heavy (non-hydrogen) atoms. The predicted octanol–water partition coefficient (Wildman–Crippen LogP) is 4.54. The van der Waals surface area contributed by atoms with Gasteiger partial charge < -0.3 is 19.5 Å². The highest BCUT2D eigenvalue weighted by atomic mass is 35.5. The zero-order valence-corrected chi connectivity index (χ0v) is 19.5. The molecule has 0 aliphatic carbocycles. The molecule has 8 nitrogen and oxygen atoms in total. The summed E-state index contributed by atoms with van der Waals surface area (Å²) in [6.07, 6.45) is 1.76. The molecule has 0 saturated carbocycles. The monoisotopic (exact) mass is 474 g/mol. The van der Waals surface area contributed by atoms with Gasteiger partial charge in [0.1, 0.15) is 17.2 Å². The van der Waals surface area contributed by atoms with E-state index in [1.807, 2.05) is 28.8 Å². The maximum atomic E-state index is 12.6. The maximum Gasteiger partial charge on any atom is 0.234 e. The SMILES string of the molecule is C=CCn1c(SCC(=O)Nc2cc(OC)c(Cl)cc2OC)nnc1-c1ccc(OC)cc1. The Bertz CT molecular complexity index is 1100. The highest BCUT2D eigenvalue weighted by Crippen LogP contribution is 2.36. The van der Waals surface area contributed by atoms with E-state index in [1.165, 1.54) is 26.0 Å². The number of methoxy groups -OCH3 is 3. The van der Waals surface area contributed by atoms with Crippen molar-refractivity contribution in [3.05, 3.63) is 54.1 Å². The Morgan fingerprint density at radius 3 is 2.47 bits per heavy atom.